The number of hydrogen-bond acceptors (Lipinski definition) is 4. The van der Waals surface area contributed by atoms with Gasteiger partial charge in [-0.25, -0.2) is 0 Å². The molecule has 4 rings (SSSR count). The van der Waals surface area contributed by atoms with Crippen LogP contribution in [0, 0.1) is 0 Å². The van der Waals surface area contributed by atoms with Crippen molar-refractivity contribution in [3.8, 4) is 5.75 Å². The Kier molecular flexibility index (Phi) is 6.09. The standard InChI is InChI=1S/C23H32N2O4/c1-28-19-7-8-20-18(17-19)9-16-29-23(20)10-14-25(15-11-23)22(27)6-4-13-24-12-3-2-5-21(24)26/h7-8,17H,2-6,9-16H2,1H3. The van der Waals surface area contributed by atoms with Gasteiger partial charge in [-0.05, 0) is 61.8 Å². The van der Waals surface area contributed by atoms with Crippen molar-refractivity contribution in [3.05, 3.63) is 29.3 Å². The maximum atomic E-state index is 12.7. The van der Waals surface area contributed by atoms with Gasteiger partial charge in [-0.1, -0.05) is 6.07 Å². The fourth-order valence-electron chi connectivity index (χ4n) is 4.99. The predicted molar refractivity (Wildman–Crippen MR) is 110 cm³/mol. The molecular weight excluding hydrogens is 368 g/mol. The van der Waals surface area contributed by atoms with Crippen molar-refractivity contribution in [2.75, 3.05) is 39.9 Å². The number of fused-ring (bicyclic) bond motifs is 2. The van der Waals surface area contributed by atoms with Crippen LogP contribution < -0.4 is 4.74 Å². The second-order valence-corrected chi connectivity index (χ2v) is 8.44. The van der Waals surface area contributed by atoms with Gasteiger partial charge in [0.25, 0.3) is 0 Å². The van der Waals surface area contributed by atoms with Crippen LogP contribution in [-0.4, -0.2) is 61.5 Å². The van der Waals surface area contributed by atoms with E-state index < -0.39 is 0 Å². The molecule has 0 unspecified atom stereocenters. The lowest BCUT2D eigenvalue weighted by Crippen LogP contribution is -2.48. The first kappa shape index (κ1) is 20.2. The number of ether oxygens (including phenoxy) is 2. The maximum Gasteiger partial charge on any atom is 0.222 e. The molecule has 3 heterocycles. The van der Waals surface area contributed by atoms with Gasteiger partial charge in [0.1, 0.15) is 5.75 Å². The monoisotopic (exact) mass is 400 g/mol. The number of piperidine rings is 2. The molecule has 3 aliphatic heterocycles. The molecule has 0 radical (unpaired) electrons. The molecule has 0 N–H and O–H groups in total. The molecule has 0 saturated carbocycles. The van der Waals surface area contributed by atoms with Crippen LogP contribution >= 0.6 is 0 Å². The van der Waals surface area contributed by atoms with Gasteiger partial charge >= 0.3 is 0 Å². The minimum absolute atomic E-state index is 0.204. The van der Waals surface area contributed by atoms with Gasteiger partial charge in [-0.15, -0.1) is 0 Å². The van der Waals surface area contributed by atoms with Gasteiger partial charge in [-0.2, -0.15) is 0 Å². The van der Waals surface area contributed by atoms with E-state index in [4.69, 9.17) is 9.47 Å². The average molecular weight is 401 g/mol. The summed E-state index contributed by atoms with van der Waals surface area (Å²) >= 11 is 0. The summed E-state index contributed by atoms with van der Waals surface area (Å²) in [5, 5.41) is 0. The molecular formula is C23H32N2O4. The number of carbonyl (C=O) groups excluding carboxylic acids is 2. The maximum absolute atomic E-state index is 12.7. The van der Waals surface area contributed by atoms with Gasteiger partial charge in [0.15, 0.2) is 0 Å². The lowest BCUT2D eigenvalue weighted by molar-refractivity contribution is -0.141. The normalized spacial score (nSPS) is 21.2. The van der Waals surface area contributed by atoms with Crippen LogP contribution in [0.15, 0.2) is 18.2 Å². The van der Waals surface area contributed by atoms with E-state index >= 15 is 0 Å². The van der Waals surface area contributed by atoms with Gasteiger partial charge in [0.2, 0.25) is 11.8 Å². The van der Waals surface area contributed by atoms with Crippen molar-refractivity contribution in [1.29, 1.82) is 0 Å². The van der Waals surface area contributed by atoms with Crippen molar-refractivity contribution in [2.24, 2.45) is 0 Å². The lowest BCUT2D eigenvalue weighted by Gasteiger charge is -2.45. The third kappa shape index (κ3) is 4.27. The average Bonchev–Trinajstić information content (AvgIpc) is 2.75. The number of carbonyl (C=O) groups is 2. The Morgan fingerprint density at radius 3 is 2.76 bits per heavy atom. The van der Waals surface area contributed by atoms with Crippen molar-refractivity contribution >= 4 is 11.8 Å². The Bertz CT molecular complexity index is 755. The van der Waals surface area contributed by atoms with Crippen LogP contribution in [0.1, 0.15) is 56.1 Å². The SMILES string of the molecule is COc1ccc2c(c1)CCOC21CCN(C(=O)CCCN2CCCCC2=O)CC1. The highest BCUT2D eigenvalue weighted by molar-refractivity contribution is 5.77. The summed E-state index contributed by atoms with van der Waals surface area (Å²) < 4.78 is 11.7. The van der Waals surface area contributed by atoms with E-state index in [0.29, 0.717) is 19.4 Å². The third-order valence-corrected chi connectivity index (χ3v) is 6.72. The van der Waals surface area contributed by atoms with Crippen LogP contribution in [0.2, 0.25) is 0 Å². The first-order chi connectivity index (χ1) is 14.1. The lowest BCUT2D eigenvalue weighted by atomic mass is 9.79. The molecule has 6 heteroatoms. The van der Waals surface area contributed by atoms with E-state index in [-0.39, 0.29) is 17.4 Å². The van der Waals surface area contributed by atoms with E-state index in [1.165, 1.54) is 11.1 Å². The number of likely N-dealkylation sites (tertiary alicyclic amines) is 2. The van der Waals surface area contributed by atoms with Crippen molar-refractivity contribution in [2.45, 2.75) is 57.0 Å². The van der Waals surface area contributed by atoms with E-state index in [9.17, 15) is 9.59 Å². The van der Waals surface area contributed by atoms with Crippen LogP contribution in [0.25, 0.3) is 0 Å². The summed E-state index contributed by atoms with van der Waals surface area (Å²) in [7, 11) is 1.70. The molecule has 158 valence electrons. The smallest absolute Gasteiger partial charge is 0.222 e. The quantitative estimate of drug-likeness (QED) is 0.763. The highest BCUT2D eigenvalue weighted by atomic mass is 16.5. The highest BCUT2D eigenvalue weighted by Crippen LogP contribution is 2.42. The van der Waals surface area contributed by atoms with Gasteiger partial charge in [-0.3, -0.25) is 9.59 Å². The number of amides is 2. The summed E-state index contributed by atoms with van der Waals surface area (Å²) in [4.78, 5) is 28.5. The Balaban J connectivity index is 1.30. The molecule has 0 aromatic heterocycles. The molecule has 29 heavy (non-hydrogen) atoms. The summed E-state index contributed by atoms with van der Waals surface area (Å²) in [5.41, 5.74) is 2.30. The summed E-state index contributed by atoms with van der Waals surface area (Å²) in [5.74, 6) is 1.34. The largest absolute Gasteiger partial charge is 0.497 e. The van der Waals surface area contributed by atoms with E-state index in [0.717, 1.165) is 70.5 Å². The zero-order valence-corrected chi connectivity index (χ0v) is 17.5. The minimum atomic E-state index is -0.267. The molecule has 2 saturated heterocycles. The van der Waals surface area contributed by atoms with Gasteiger partial charge in [0.05, 0.1) is 19.3 Å². The molecule has 1 aromatic carbocycles. The Morgan fingerprint density at radius 1 is 1.17 bits per heavy atom. The number of methoxy groups -OCH3 is 1. The molecule has 2 amide bonds. The second-order valence-electron chi connectivity index (χ2n) is 8.44. The molecule has 2 fully saturated rings. The Morgan fingerprint density at radius 2 is 2.00 bits per heavy atom. The molecule has 0 aliphatic carbocycles. The fourth-order valence-corrected chi connectivity index (χ4v) is 4.99. The molecule has 1 aromatic rings. The van der Waals surface area contributed by atoms with Crippen LogP contribution in [0.4, 0.5) is 0 Å². The van der Waals surface area contributed by atoms with E-state index in [2.05, 4.69) is 12.1 Å². The Labute approximate surface area is 173 Å². The van der Waals surface area contributed by atoms with Crippen LogP contribution in [0.3, 0.4) is 0 Å². The minimum Gasteiger partial charge on any atom is -0.497 e. The zero-order chi connectivity index (χ0) is 20.3. The number of benzene rings is 1. The predicted octanol–water partition coefficient (Wildman–Crippen LogP) is 2.88. The van der Waals surface area contributed by atoms with Crippen molar-refractivity contribution in [1.82, 2.24) is 9.80 Å². The molecule has 1 spiro atoms. The van der Waals surface area contributed by atoms with Crippen LogP contribution in [-0.2, 0) is 26.3 Å². The third-order valence-electron chi connectivity index (χ3n) is 6.72. The summed E-state index contributed by atoms with van der Waals surface area (Å²) in [6, 6.07) is 6.27. The number of rotatable bonds is 5. The molecule has 6 nitrogen and oxygen atoms in total. The van der Waals surface area contributed by atoms with Gasteiger partial charge < -0.3 is 19.3 Å². The first-order valence-electron chi connectivity index (χ1n) is 11.0. The molecule has 3 aliphatic rings. The second kappa shape index (κ2) is 8.74. The first-order valence-corrected chi connectivity index (χ1v) is 11.0. The van der Waals surface area contributed by atoms with E-state index in [1.807, 2.05) is 15.9 Å². The number of nitrogens with zero attached hydrogens (tertiary/aromatic N) is 2. The summed E-state index contributed by atoms with van der Waals surface area (Å²) in [6.45, 7) is 3.74. The Hall–Kier alpha value is -2.08. The summed E-state index contributed by atoms with van der Waals surface area (Å²) in [6.07, 6.45) is 6.60. The highest BCUT2D eigenvalue weighted by Gasteiger charge is 2.41. The molecule has 0 bridgehead atoms. The topological polar surface area (TPSA) is 59.1 Å². The number of hydrogen-bond donors (Lipinski definition) is 0. The van der Waals surface area contributed by atoms with Crippen molar-refractivity contribution in [3.63, 3.8) is 0 Å². The fraction of sp³-hybridized carbons (Fsp3) is 0.652. The van der Waals surface area contributed by atoms with Gasteiger partial charge in [0, 0.05) is 39.0 Å². The molecule has 0 atom stereocenters. The van der Waals surface area contributed by atoms with E-state index in [1.54, 1.807) is 7.11 Å². The van der Waals surface area contributed by atoms with Crippen molar-refractivity contribution < 1.29 is 19.1 Å². The zero-order valence-electron chi connectivity index (χ0n) is 17.5. The van der Waals surface area contributed by atoms with Crippen LogP contribution in [0.5, 0.6) is 5.75 Å².